The van der Waals surface area contributed by atoms with Gasteiger partial charge in [-0.1, -0.05) is 25.2 Å². The van der Waals surface area contributed by atoms with Crippen LogP contribution in [0.2, 0.25) is 0 Å². The predicted octanol–water partition coefficient (Wildman–Crippen LogP) is 5.20. The molecule has 28 heavy (non-hydrogen) atoms. The Bertz CT molecular complexity index is 1040. The molecular formula is C20H19F3N4S. The highest BCUT2D eigenvalue weighted by atomic mass is 32.2. The molecule has 0 saturated heterocycles. The van der Waals surface area contributed by atoms with Crippen LogP contribution in [0.3, 0.4) is 0 Å². The van der Waals surface area contributed by atoms with Crippen molar-refractivity contribution in [1.29, 1.82) is 0 Å². The molecule has 0 bridgehead atoms. The number of hydrogen-bond donors (Lipinski definition) is 0. The van der Waals surface area contributed by atoms with E-state index in [0.717, 1.165) is 28.0 Å². The third-order valence-electron chi connectivity index (χ3n) is 4.15. The Morgan fingerprint density at radius 3 is 2.71 bits per heavy atom. The lowest BCUT2D eigenvalue weighted by atomic mass is 10.0. The zero-order valence-corrected chi connectivity index (χ0v) is 16.5. The van der Waals surface area contributed by atoms with Crippen LogP contribution in [-0.4, -0.2) is 33.0 Å². The predicted molar refractivity (Wildman–Crippen MR) is 109 cm³/mol. The van der Waals surface area contributed by atoms with E-state index in [1.165, 1.54) is 6.20 Å². The molecule has 2 heterocycles. The maximum Gasteiger partial charge on any atom is 0.433 e. The second kappa shape index (κ2) is 8.18. The molecule has 146 valence electrons. The van der Waals surface area contributed by atoms with Gasteiger partial charge in [0.15, 0.2) is 0 Å². The van der Waals surface area contributed by atoms with Gasteiger partial charge in [0.05, 0.1) is 22.9 Å². The van der Waals surface area contributed by atoms with Gasteiger partial charge in [-0.05, 0) is 30.0 Å². The number of rotatable bonds is 4. The summed E-state index contributed by atoms with van der Waals surface area (Å²) in [7, 11) is 3.50. The van der Waals surface area contributed by atoms with Crippen LogP contribution in [0.15, 0.2) is 58.1 Å². The number of alkyl halides is 3. The number of aliphatic imine (C=N–C) groups is 1. The van der Waals surface area contributed by atoms with E-state index < -0.39 is 11.9 Å². The van der Waals surface area contributed by atoms with Gasteiger partial charge in [-0.2, -0.15) is 13.2 Å². The highest BCUT2D eigenvalue weighted by molar-refractivity contribution is 8.03. The fourth-order valence-electron chi connectivity index (χ4n) is 2.78. The Hall–Kier alpha value is -2.61. The van der Waals surface area contributed by atoms with Crippen molar-refractivity contribution in [3.63, 3.8) is 0 Å². The van der Waals surface area contributed by atoms with Crippen molar-refractivity contribution < 1.29 is 13.2 Å². The first-order chi connectivity index (χ1) is 13.3. The number of aryl methyl sites for hydroxylation is 1. The second-order valence-corrected chi connectivity index (χ2v) is 7.33. The Morgan fingerprint density at radius 1 is 1.29 bits per heavy atom. The number of fused-ring (bicyclic) bond motifs is 1. The Kier molecular flexibility index (Phi) is 5.88. The maximum atomic E-state index is 12.9. The summed E-state index contributed by atoms with van der Waals surface area (Å²) in [6.07, 6.45) is 8.36. The SMILES string of the molecule is CCSC(=C\c1nc2cc(C(F)(F)F)ncc2n1C)/C=C1/C=CC=CC1=NC. The minimum Gasteiger partial charge on any atom is -0.326 e. The molecule has 3 rings (SSSR count). The average Bonchev–Trinajstić information content (AvgIpc) is 2.97. The summed E-state index contributed by atoms with van der Waals surface area (Å²) < 4.78 is 40.5. The lowest BCUT2D eigenvalue weighted by molar-refractivity contribution is -0.141. The molecule has 4 nitrogen and oxygen atoms in total. The molecule has 0 atom stereocenters. The summed E-state index contributed by atoms with van der Waals surface area (Å²) in [5.41, 5.74) is 1.71. The lowest BCUT2D eigenvalue weighted by Crippen LogP contribution is -2.07. The van der Waals surface area contributed by atoms with Crippen molar-refractivity contribution in [3.05, 3.63) is 64.6 Å². The van der Waals surface area contributed by atoms with Gasteiger partial charge in [-0.3, -0.25) is 4.99 Å². The van der Waals surface area contributed by atoms with E-state index in [2.05, 4.69) is 15.0 Å². The number of thioether (sulfide) groups is 1. The quantitative estimate of drug-likeness (QED) is 0.703. The van der Waals surface area contributed by atoms with Gasteiger partial charge in [-0.15, -0.1) is 11.8 Å². The Labute approximate surface area is 165 Å². The number of allylic oxidation sites excluding steroid dienone is 6. The van der Waals surface area contributed by atoms with Crippen molar-refractivity contribution in [2.45, 2.75) is 13.1 Å². The summed E-state index contributed by atoms with van der Waals surface area (Å²) in [6, 6.07) is 0.980. The molecule has 0 saturated carbocycles. The zero-order valence-electron chi connectivity index (χ0n) is 15.7. The first-order valence-corrected chi connectivity index (χ1v) is 9.59. The minimum atomic E-state index is -4.49. The van der Waals surface area contributed by atoms with Gasteiger partial charge < -0.3 is 4.57 Å². The number of hydrogen-bond acceptors (Lipinski definition) is 4. The van der Waals surface area contributed by atoms with Crippen LogP contribution in [0.4, 0.5) is 13.2 Å². The summed E-state index contributed by atoms with van der Waals surface area (Å²) >= 11 is 1.63. The van der Waals surface area contributed by atoms with Crippen molar-refractivity contribution >= 4 is 34.6 Å². The van der Waals surface area contributed by atoms with Gasteiger partial charge in [-0.25, -0.2) is 9.97 Å². The number of imidazole rings is 1. The first kappa shape index (κ1) is 20.1. The lowest BCUT2D eigenvalue weighted by Gasteiger charge is -2.08. The highest BCUT2D eigenvalue weighted by Gasteiger charge is 2.33. The molecule has 8 heteroatoms. The number of aromatic nitrogens is 3. The molecule has 1 aliphatic carbocycles. The third-order valence-corrected chi connectivity index (χ3v) is 5.01. The number of halogens is 3. The van der Waals surface area contributed by atoms with Gasteiger partial charge in [0.1, 0.15) is 11.5 Å². The molecule has 0 N–H and O–H groups in total. The molecule has 2 aromatic rings. The van der Waals surface area contributed by atoms with Crippen LogP contribution in [0.25, 0.3) is 17.1 Å². The highest BCUT2D eigenvalue weighted by Crippen LogP contribution is 2.30. The third kappa shape index (κ3) is 4.27. The average molecular weight is 404 g/mol. The largest absolute Gasteiger partial charge is 0.433 e. The minimum absolute atomic E-state index is 0.265. The molecular weight excluding hydrogens is 385 g/mol. The van der Waals surface area contributed by atoms with Crippen LogP contribution in [0.1, 0.15) is 18.4 Å². The van der Waals surface area contributed by atoms with E-state index in [9.17, 15) is 13.2 Å². The summed E-state index contributed by atoms with van der Waals surface area (Å²) in [4.78, 5) is 13.1. The monoisotopic (exact) mass is 404 g/mol. The van der Waals surface area contributed by atoms with Crippen LogP contribution >= 0.6 is 11.8 Å². The van der Waals surface area contributed by atoms with Gasteiger partial charge >= 0.3 is 6.18 Å². The molecule has 1 aliphatic rings. The molecule has 0 aromatic carbocycles. The molecule has 0 spiro atoms. The molecule has 2 aromatic heterocycles. The standard InChI is InChI=1S/C20H19F3N4S/c1-4-28-14(9-13-7-5-6-8-15(13)24-2)10-19-26-16-11-18(20(21,22)23)25-12-17(16)27(19)3/h5-12H,4H2,1-3H3/b13-9-,14-10-,24-15?. The van der Waals surface area contributed by atoms with E-state index in [4.69, 9.17) is 0 Å². The van der Waals surface area contributed by atoms with Crippen molar-refractivity contribution in [2.24, 2.45) is 12.0 Å². The van der Waals surface area contributed by atoms with Gasteiger partial charge in [0, 0.05) is 24.6 Å². The molecule has 0 amide bonds. The number of pyridine rings is 1. The topological polar surface area (TPSA) is 43.1 Å². The van der Waals surface area contributed by atoms with E-state index in [0.29, 0.717) is 11.3 Å². The zero-order chi connectivity index (χ0) is 20.3. The molecule has 0 unspecified atom stereocenters. The van der Waals surface area contributed by atoms with E-state index >= 15 is 0 Å². The number of nitrogens with zero attached hydrogens (tertiary/aromatic N) is 4. The second-order valence-electron chi connectivity index (χ2n) is 5.99. The Balaban J connectivity index is 2.05. The summed E-state index contributed by atoms with van der Waals surface area (Å²) in [5, 5.41) is 0. The van der Waals surface area contributed by atoms with Gasteiger partial charge in [0.25, 0.3) is 0 Å². The van der Waals surface area contributed by atoms with Crippen LogP contribution in [0.5, 0.6) is 0 Å². The Morgan fingerprint density at radius 2 is 2.04 bits per heavy atom. The van der Waals surface area contributed by atoms with E-state index in [-0.39, 0.29) is 5.52 Å². The summed E-state index contributed by atoms with van der Waals surface area (Å²) in [5.74, 6) is 1.41. The first-order valence-electron chi connectivity index (χ1n) is 8.61. The van der Waals surface area contributed by atoms with Crippen molar-refractivity contribution in [1.82, 2.24) is 14.5 Å². The fraction of sp³-hybridized carbons (Fsp3) is 0.250. The van der Waals surface area contributed by atoms with Crippen LogP contribution in [-0.2, 0) is 13.2 Å². The summed E-state index contributed by atoms with van der Waals surface area (Å²) in [6.45, 7) is 2.04. The van der Waals surface area contributed by atoms with E-state index in [1.54, 1.807) is 30.4 Å². The van der Waals surface area contributed by atoms with Crippen LogP contribution in [0, 0.1) is 0 Å². The van der Waals surface area contributed by atoms with Crippen LogP contribution < -0.4 is 0 Å². The maximum absolute atomic E-state index is 12.9. The molecule has 0 fully saturated rings. The van der Waals surface area contributed by atoms with Crippen molar-refractivity contribution in [3.8, 4) is 0 Å². The van der Waals surface area contributed by atoms with Gasteiger partial charge in [0.2, 0.25) is 0 Å². The molecule has 0 aliphatic heterocycles. The fourth-order valence-corrected chi connectivity index (χ4v) is 3.51. The molecule has 0 radical (unpaired) electrons. The smallest absolute Gasteiger partial charge is 0.326 e. The van der Waals surface area contributed by atoms with E-state index in [1.807, 2.05) is 43.4 Å². The van der Waals surface area contributed by atoms with Crippen molar-refractivity contribution in [2.75, 3.05) is 12.8 Å². The normalized spacial score (nSPS) is 18.0.